The highest BCUT2D eigenvalue weighted by atomic mass is 32.2. The second-order valence-electron chi connectivity index (χ2n) is 14.3. The number of nitrogens with one attached hydrogen (secondary N) is 2. The van der Waals surface area contributed by atoms with E-state index < -0.39 is 79.5 Å². The Morgan fingerprint density at radius 2 is 1.80 bits per heavy atom. The molecule has 5 N–H and O–H groups in total. The van der Waals surface area contributed by atoms with Gasteiger partial charge in [-0.1, -0.05) is 37.3 Å². The number of hydrogen-bond donors (Lipinski definition) is 4. The maximum Gasteiger partial charge on any atom is 0.287 e. The van der Waals surface area contributed by atoms with Gasteiger partial charge in [0, 0.05) is 25.2 Å². The number of likely N-dealkylation sites (tertiary alicyclic amines) is 1. The predicted octanol–water partition coefficient (Wildman–Crippen LogP) is 0.0957. The standard InChI is InChI=1S/C33H44N8O9S/c1-32(2,48)25-18-36-39-41(25)22-16-24(30(46)38-33(27(43)28(34)44)12-14-51(49,50)15-13-33)40(19-22)31(47)23(10-8-20-6-4-3-5-7-20)37-29(45)21-9-11-26(42)35-17-21/h9,11,17-18,20,22,24,48H,3-8,10,12-16,19H2,1-2H3,(H2,34,44)(H,35,42)(H,38,46)/t22-,24-/m0/s1. The minimum atomic E-state index is -3.54. The molecule has 5 rings (SSSR count). The van der Waals surface area contributed by atoms with Crippen molar-refractivity contribution in [2.24, 2.45) is 16.6 Å². The molecule has 17 nitrogen and oxygen atoms in total. The molecule has 276 valence electrons. The van der Waals surface area contributed by atoms with Crippen LogP contribution < -0.4 is 16.6 Å². The van der Waals surface area contributed by atoms with E-state index in [1.165, 1.54) is 41.9 Å². The highest BCUT2D eigenvalue weighted by Gasteiger charge is 2.50. The summed E-state index contributed by atoms with van der Waals surface area (Å²) in [5.74, 6) is -5.48. The Morgan fingerprint density at radius 1 is 1.12 bits per heavy atom. The predicted molar refractivity (Wildman–Crippen MR) is 182 cm³/mol. The summed E-state index contributed by atoms with van der Waals surface area (Å²) in [4.78, 5) is 86.8. The molecule has 2 atom stereocenters. The van der Waals surface area contributed by atoms with Crippen LogP contribution in [0.4, 0.5) is 0 Å². The van der Waals surface area contributed by atoms with E-state index in [4.69, 9.17) is 5.73 Å². The molecule has 0 unspecified atom stereocenters. The van der Waals surface area contributed by atoms with Crippen molar-refractivity contribution >= 4 is 45.0 Å². The Bertz CT molecular complexity index is 1850. The van der Waals surface area contributed by atoms with E-state index in [0.717, 1.165) is 38.2 Å². The number of rotatable bonds is 11. The van der Waals surface area contributed by atoms with Gasteiger partial charge in [0.05, 0.1) is 35.0 Å². The van der Waals surface area contributed by atoms with Crippen LogP contribution in [0.5, 0.6) is 0 Å². The SMILES string of the molecule is CC(C)(O)c1cnnn1[C@H]1C[C@@H](C(=O)NC2(C(=O)C(N)=O)CCS(=O)(=O)CC2)N(C(=O)C(CCC2CCCCC2)=NC(=O)c2ccc(=O)[nH]c2)C1. The van der Waals surface area contributed by atoms with Gasteiger partial charge in [0.15, 0.2) is 9.84 Å². The number of aromatic nitrogens is 4. The number of H-pyrrole nitrogens is 1. The average Bonchev–Trinajstić information content (AvgIpc) is 3.76. The number of amides is 4. The number of Topliss-reactive ketones (excluding diaryl/α,β-unsaturated/α-hetero) is 1. The molecule has 3 fully saturated rings. The second kappa shape index (κ2) is 15.0. The molecular weight excluding hydrogens is 684 g/mol. The summed E-state index contributed by atoms with van der Waals surface area (Å²) in [6.07, 6.45) is 7.53. The van der Waals surface area contributed by atoms with Crippen LogP contribution in [0.15, 0.2) is 34.3 Å². The van der Waals surface area contributed by atoms with Crippen molar-refractivity contribution in [3.05, 3.63) is 46.1 Å². The summed E-state index contributed by atoms with van der Waals surface area (Å²) >= 11 is 0. The molecule has 0 radical (unpaired) electrons. The van der Waals surface area contributed by atoms with Gasteiger partial charge in [-0.25, -0.2) is 18.1 Å². The van der Waals surface area contributed by atoms with Crippen LogP contribution in [0.2, 0.25) is 0 Å². The lowest BCUT2D eigenvalue weighted by atomic mass is 9.85. The fraction of sp³-hybridized carbons (Fsp3) is 0.606. The minimum absolute atomic E-state index is 0.0442. The van der Waals surface area contributed by atoms with Crippen molar-refractivity contribution in [2.75, 3.05) is 18.1 Å². The molecule has 3 aliphatic rings. The zero-order valence-electron chi connectivity index (χ0n) is 28.7. The number of aliphatic imine (C=N–C) groups is 1. The first-order valence-electron chi connectivity index (χ1n) is 17.1. The smallest absolute Gasteiger partial charge is 0.287 e. The van der Waals surface area contributed by atoms with Crippen molar-refractivity contribution < 1.29 is 37.5 Å². The first kappa shape index (κ1) is 37.7. The van der Waals surface area contributed by atoms with Gasteiger partial charge in [0.25, 0.3) is 17.7 Å². The number of primary amides is 1. The highest BCUT2D eigenvalue weighted by molar-refractivity contribution is 7.91. The molecule has 4 heterocycles. The van der Waals surface area contributed by atoms with Crippen molar-refractivity contribution in [3.8, 4) is 0 Å². The Labute approximate surface area is 294 Å². The van der Waals surface area contributed by atoms with Gasteiger partial charge in [-0.2, -0.15) is 0 Å². The minimum Gasteiger partial charge on any atom is -0.384 e. The van der Waals surface area contributed by atoms with Gasteiger partial charge in [0.1, 0.15) is 22.9 Å². The number of sulfone groups is 1. The number of hydrogen-bond acceptors (Lipinski definition) is 11. The van der Waals surface area contributed by atoms with E-state index in [0.29, 0.717) is 18.0 Å². The normalized spacial score (nSPS) is 22.3. The number of carbonyl (C=O) groups excluding carboxylic acids is 5. The largest absolute Gasteiger partial charge is 0.384 e. The summed E-state index contributed by atoms with van der Waals surface area (Å²) < 4.78 is 26.0. The molecule has 18 heteroatoms. The highest BCUT2D eigenvalue weighted by Crippen LogP contribution is 2.34. The van der Waals surface area contributed by atoms with Crippen LogP contribution >= 0.6 is 0 Å². The molecule has 4 amide bonds. The lowest BCUT2D eigenvalue weighted by Gasteiger charge is -2.37. The fourth-order valence-electron chi connectivity index (χ4n) is 7.19. The molecule has 2 aromatic heterocycles. The lowest BCUT2D eigenvalue weighted by molar-refractivity contribution is -0.143. The van der Waals surface area contributed by atoms with Crippen LogP contribution in [0.25, 0.3) is 0 Å². The summed E-state index contributed by atoms with van der Waals surface area (Å²) in [6.45, 7) is 2.92. The van der Waals surface area contributed by atoms with Gasteiger partial charge in [-0.05, 0) is 51.5 Å². The van der Waals surface area contributed by atoms with Crippen molar-refractivity contribution in [2.45, 2.75) is 101 Å². The molecule has 2 saturated heterocycles. The third-order valence-corrected chi connectivity index (χ3v) is 11.8. The van der Waals surface area contributed by atoms with E-state index in [2.05, 4.69) is 25.6 Å². The maximum atomic E-state index is 14.5. The zero-order valence-corrected chi connectivity index (χ0v) is 29.5. The molecule has 1 saturated carbocycles. The van der Waals surface area contributed by atoms with Gasteiger partial charge < -0.3 is 26.0 Å². The number of ketones is 1. The van der Waals surface area contributed by atoms with Crippen LogP contribution in [0.3, 0.4) is 0 Å². The van der Waals surface area contributed by atoms with E-state index in [1.807, 2.05) is 0 Å². The Kier molecular flexibility index (Phi) is 11.0. The third-order valence-electron chi connectivity index (χ3n) is 10.1. The van der Waals surface area contributed by atoms with Crippen molar-refractivity contribution in [1.29, 1.82) is 0 Å². The number of aromatic amines is 1. The van der Waals surface area contributed by atoms with E-state index >= 15 is 0 Å². The first-order valence-corrected chi connectivity index (χ1v) is 18.9. The Balaban J connectivity index is 1.52. The van der Waals surface area contributed by atoms with E-state index in [1.54, 1.807) is 0 Å². The van der Waals surface area contributed by atoms with Crippen LogP contribution in [-0.2, 0) is 34.6 Å². The first-order chi connectivity index (χ1) is 24.0. The molecule has 2 aliphatic heterocycles. The molecule has 0 aromatic carbocycles. The number of aliphatic hydroxyl groups is 1. The summed E-state index contributed by atoms with van der Waals surface area (Å²) in [7, 11) is -3.54. The number of carbonyl (C=O) groups is 5. The fourth-order valence-corrected chi connectivity index (χ4v) is 8.71. The number of nitrogens with two attached hydrogens (primary N) is 1. The maximum absolute atomic E-state index is 14.5. The van der Waals surface area contributed by atoms with Gasteiger partial charge in [-0.3, -0.25) is 28.8 Å². The molecule has 0 spiro atoms. The lowest BCUT2D eigenvalue weighted by Crippen LogP contribution is -2.64. The van der Waals surface area contributed by atoms with Crippen molar-refractivity contribution in [3.63, 3.8) is 0 Å². The summed E-state index contributed by atoms with van der Waals surface area (Å²) in [5.41, 5.74) is 1.84. The molecule has 0 bridgehead atoms. The van der Waals surface area contributed by atoms with Gasteiger partial charge in [0.2, 0.25) is 17.2 Å². The monoisotopic (exact) mass is 728 g/mol. The quantitative estimate of drug-likeness (QED) is 0.178. The molecule has 1 aliphatic carbocycles. The Morgan fingerprint density at radius 3 is 2.41 bits per heavy atom. The molecule has 2 aromatic rings. The van der Waals surface area contributed by atoms with Gasteiger partial charge in [-0.15, -0.1) is 5.10 Å². The topological polar surface area (TPSA) is 257 Å². The molecule has 51 heavy (non-hydrogen) atoms. The molecular formula is C33H44N8O9S. The Hall–Kier alpha value is -4.58. The summed E-state index contributed by atoms with van der Waals surface area (Å²) in [5, 5.41) is 21.5. The number of nitrogens with zero attached hydrogens (tertiary/aromatic N) is 5. The average molecular weight is 729 g/mol. The zero-order chi connectivity index (χ0) is 37.1. The van der Waals surface area contributed by atoms with Crippen molar-refractivity contribution in [1.82, 2.24) is 30.2 Å². The van der Waals surface area contributed by atoms with Crippen LogP contribution in [0, 0.1) is 5.92 Å². The van der Waals surface area contributed by atoms with Crippen LogP contribution in [-0.4, -0.2) is 103 Å². The van der Waals surface area contributed by atoms with Crippen LogP contribution in [0.1, 0.15) is 100 Å². The summed E-state index contributed by atoms with van der Waals surface area (Å²) in [6, 6.07) is 0.437. The van der Waals surface area contributed by atoms with E-state index in [-0.39, 0.29) is 43.5 Å². The van der Waals surface area contributed by atoms with Gasteiger partial charge >= 0.3 is 0 Å². The second-order valence-corrected chi connectivity index (χ2v) is 16.6. The van der Waals surface area contributed by atoms with E-state index in [9.17, 15) is 42.3 Å². The third kappa shape index (κ3) is 8.66. The number of pyridine rings is 1.